The highest BCUT2D eigenvalue weighted by Crippen LogP contribution is 2.27. The van der Waals surface area contributed by atoms with E-state index in [0.717, 1.165) is 36.0 Å². The fourth-order valence-electron chi connectivity index (χ4n) is 3.81. The van der Waals surface area contributed by atoms with Gasteiger partial charge in [0.05, 0.1) is 11.3 Å². The first-order chi connectivity index (χ1) is 16.3. The van der Waals surface area contributed by atoms with Gasteiger partial charge in [-0.15, -0.1) is 0 Å². The first-order valence-electron chi connectivity index (χ1n) is 10.8. The maximum atomic E-state index is 13.0. The number of nitrogens with zero attached hydrogens (tertiary/aromatic N) is 2. The molecule has 0 radical (unpaired) electrons. The third-order valence-corrected chi connectivity index (χ3v) is 6.28. The standard InChI is InChI=1S/C25H23BrClN5O2/c1-15-12-19(27)13-20(25(34)30-21-9-8-18(26)14-29-21)22(15)31-24(33)17-6-4-16(5-7-17)23(28)32-10-2-3-11-32/h4-9,12-14,28H,2-3,10-11H2,1H3,(H,31,33)(H,29,30,34). The lowest BCUT2D eigenvalue weighted by atomic mass is 10.1. The summed E-state index contributed by atoms with van der Waals surface area (Å²) in [7, 11) is 0. The third kappa shape index (κ3) is 5.46. The lowest BCUT2D eigenvalue weighted by Gasteiger charge is -2.18. The number of hydrogen-bond donors (Lipinski definition) is 3. The van der Waals surface area contributed by atoms with Crippen molar-refractivity contribution in [3.05, 3.63) is 86.5 Å². The minimum absolute atomic E-state index is 0.232. The molecule has 0 unspecified atom stereocenters. The number of aromatic nitrogens is 1. The quantitative estimate of drug-likeness (QED) is 0.284. The van der Waals surface area contributed by atoms with E-state index >= 15 is 0 Å². The molecule has 34 heavy (non-hydrogen) atoms. The number of anilines is 2. The van der Waals surface area contributed by atoms with E-state index in [0.29, 0.717) is 33.5 Å². The summed E-state index contributed by atoms with van der Waals surface area (Å²) < 4.78 is 0.790. The van der Waals surface area contributed by atoms with Gasteiger partial charge in [-0.05, 0) is 77.7 Å². The molecule has 1 aromatic heterocycles. The Morgan fingerprint density at radius 3 is 2.32 bits per heavy atom. The number of carbonyl (C=O) groups is 2. The fourth-order valence-corrected chi connectivity index (χ4v) is 4.32. The largest absolute Gasteiger partial charge is 0.357 e. The maximum absolute atomic E-state index is 13.0. The molecule has 3 N–H and O–H groups in total. The Hall–Kier alpha value is -3.23. The van der Waals surface area contributed by atoms with Crippen LogP contribution in [0.5, 0.6) is 0 Å². The molecule has 174 valence electrons. The number of rotatable bonds is 5. The second-order valence-corrected chi connectivity index (χ2v) is 9.39. The summed E-state index contributed by atoms with van der Waals surface area (Å²) in [6, 6.07) is 13.6. The van der Waals surface area contributed by atoms with Gasteiger partial charge in [0.25, 0.3) is 11.8 Å². The number of likely N-dealkylation sites (tertiary alicyclic amines) is 1. The lowest BCUT2D eigenvalue weighted by Crippen LogP contribution is -2.27. The molecule has 2 amide bonds. The van der Waals surface area contributed by atoms with Crippen molar-refractivity contribution in [2.24, 2.45) is 0 Å². The molecular weight excluding hydrogens is 518 g/mol. The van der Waals surface area contributed by atoms with E-state index in [1.54, 1.807) is 55.6 Å². The van der Waals surface area contributed by atoms with Crippen LogP contribution in [0.25, 0.3) is 0 Å². The average molecular weight is 541 g/mol. The molecule has 1 saturated heterocycles. The van der Waals surface area contributed by atoms with Crippen molar-refractivity contribution >= 4 is 56.7 Å². The van der Waals surface area contributed by atoms with Gasteiger partial charge in [0.1, 0.15) is 11.7 Å². The summed E-state index contributed by atoms with van der Waals surface area (Å²) in [5.74, 6) is 0.0447. The van der Waals surface area contributed by atoms with Crippen LogP contribution in [0, 0.1) is 12.3 Å². The summed E-state index contributed by atoms with van der Waals surface area (Å²) in [6.07, 6.45) is 3.77. The third-order valence-electron chi connectivity index (χ3n) is 5.60. The molecule has 2 aromatic carbocycles. The van der Waals surface area contributed by atoms with Crippen LogP contribution >= 0.6 is 27.5 Å². The van der Waals surface area contributed by atoms with E-state index in [1.807, 2.05) is 4.90 Å². The Kier molecular flexibility index (Phi) is 7.29. The molecule has 0 spiro atoms. The number of pyridine rings is 1. The average Bonchev–Trinajstić information content (AvgIpc) is 3.36. The first kappa shape index (κ1) is 23.9. The molecule has 4 rings (SSSR count). The van der Waals surface area contributed by atoms with Gasteiger partial charge in [0.15, 0.2) is 0 Å². The molecular formula is C25H23BrClN5O2. The van der Waals surface area contributed by atoms with Crippen LogP contribution in [-0.2, 0) is 0 Å². The molecule has 7 nitrogen and oxygen atoms in total. The summed E-state index contributed by atoms with van der Waals surface area (Å²) in [6.45, 7) is 3.55. The number of benzene rings is 2. The molecule has 0 saturated carbocycles. The van der Waals surface area contributed by atoms with Crippen molar-refractivity contribution in [1.82, 2.24) is 9.88 Å². The highest BCUT2D eigenvalue weighted by Gasteiger charge is 2.20. The molecule has 0 atom stereocenters. The Morgan fingerprint density at radius 1 is 1.00 bits per heavy atom. The van der Waals surface area contributed by atoms with Crippen LogP contribution in [0.1, 0.15) is 44.7 Å². The second-order valence-electron chi connectivity index (χ2n) is 8.04. The molecule has 0 bridgehead atoms. The van der Waals surface area contributed by atoms with E-state index in [1.165, 1.54) is 6.07 Å². The van der Waals surface area contributed by atoms with E-state index in [-0.39, 0.29) is 11.5 Å². The number of aryl methyl sites for hydroxylation is 1. The van der Waals surface area contributed by atoms with Gasteiger partial charge in [0.2, 0.25) is 0 Å². The van der Waals surface area contributed by atoms with E-state index in [9.17, 15) is 9.59 Å². The van der Waals surface area contributed by atoms with Gasteiger partial charge in [0, 0.05) is 39.9 Å². The number of halogens is 2. The van der Waals surface area contributed by atoms with Gasteiger partial charge >= 0.3 is 0 Å². The monoisotopic (exact) mass is 539 g/mol. The van der Waals surface area contributed by atoms with Crippen molar-refractivity contribution < 1.29 is 9.59 Å². The number of nitrogens with one attached hydrogen (secondary N) is 3. The Morgan fingerprint density at radius 2 is 1.68 bits per heavy atom. The SMILES string of the molecule is Cc1cc(Cl)cc(C(=O)Nc2ccc(Br)cn2)c1NC(=O)c1ccc(C(=N)N2CCCC2)cc1. The number of amidine groups is 1. The van der Waals surface area contributed by atoms with Gasteiger partial charge in [-0.2, -0.15) is 0 Å². The van der Waals surface area contributed by atoms with Crippen LogP contribution in [-0.4, -0.2) is 40.6 Å². The van der Waals surface area contributed by atoms with Crippen molar-refractivity contribution in [3.63, 3.8) is 0 Å². The van der Waals surface area contributed by atoms with Gasteiger partial charge in [-0.1, -0.05) is 23.7 Å². The second kappa shape index (κ2) is 10.4. The number of carbonyl (C=O) groups excluding carboxylic acids is 2. The molecule has 9 heteroatoms. The van der Waals surface area contributed by atoms with Crippen LogP contribution in [0.3, 0.4) is 0 Å². The van der Waals surface area contributed by atoms with Crippen molar-refractivity contribution in [2.75, 3.05) is 23.7 Å². The zero-order valence-corrected chi connectivity index (χ0v) is 20.8. The van der Waals surface area contributed by atoms with Crippen LogP contribution in [0.2, 0.25) is 5.02 Å². The smallest absolute Gasteiger partial charge is 0.258 e. The summed E-state index contributed by atoms with van der Waals surface area (Å²) >= 11 is 9.52. The fraction of sp³-hybridized carbons (Fsp3) is 0.200. The summed E-state index contributed by atoms with van der Waals surface area (Å²) in [4.78, 5) is 32.2. The zero-order chi connectivity index (χ0) is 24.2. The topological polar surface area (TPSA) is 98.2 Å². The minimum atomic E-state index is -0.440. The number of amides is 2. The van der Waals surface area contributed by atoms with Crippen LogP contribution in [0.4, 0.5) is 11.5 Å². The maximum Gasteiger partial charge on any atom is 0.258 e. The molecule has 2 heterocycles. The van der Waals surface area contributed by atoms with Gasteiger partial charge in [-0.25, -0.2) is 4.98 Å². The molecule has 1 fully saturated rings. The minimum Gasteiger partial charge on any atom is -0.357 e. The molecule has 0 aliphatic carbocycles. The highest BCUT2D eigenvalue weighted by molar-refractivity contribution is 9.10. The van der Waals surface area contributed by atoms with Crippen molar-refractivity contribution in [2.45, 2.75) is 19.8 Å². The Bertz CT molecular complexity index is 1240. The summed E-state index contributed by atoms with van der Waals surface area (Å²) in [5, 5.41) is 14.3. The predicted molar refractivity (Wildman–Crippen MR) is 138 cm³/mol. The Balaban J connectivity index is 1.53. The predicted octanol–water partition coefficient (Wildman–Crippen LogP) is 5.73. The first-order valence-corrected chi connectivity index (χ1v) is 12.0. The normalized spacial score (nSPS) is 13.0. The molecule has 1 aliphatic rings. The molecule has 3 aromatic rings. The van der Waals surface area contributed by atoms with Crippen molar-refractivity contribution in [3.8, 4) is 0 Å². The van der Waals surface area contributed by atoms with Crippen LogP contribution < -0.4 is 10.6 Å². The van der Waals surface area contributed by atoms with Crippen LogP contribution in [0.15, 0.2) is 59.2 Å². The number of hydrogen-bond acceptors (Lipinski definition) is 4. The van der Waals surface area contributed by atoms with E-state index in [2.05, 4.69) is 31.5 Å². The zero-order valence-electron chi connectivity index (χ0n) is 18.5. The van der Waals surface area contributed by atoms with Gasteiger partial charge in [-0.3, -0.25) is 15.0 Å². The summed E-state index contributed by atoms with van der Waals surface area (Å²) in [5.41, 5.74) is 2.45. The van der Waals surface area contributed by atoms with E-state index < -0.39 is 5.91 Å². The molecule has 1 aliphatic heterocycles. The van der Waals surface area contributed by atoms with E-state index in [4.69, 9.17) is 17.0 Å². The highest BCUT2D eigenvalue weighted by atomic mass is 79.9. The lowest BCUT2D eigenvalue weighted by molar-refractivity contribution is 0.102. The Labute approximate surface area is 211 Å². The van der Waals surface area contributed by atoms with Crippen molar-refractivity contribution in [1.29, 1.82) is 5.41 Å². The van der Waals surface area contributed by atoms with Gasteiger partial charge < -0.3 is 15.5 Å².